The van der Waals surface area contributed by atoms with Crippen molar-refractivity contribution in [2.24, 2.45) is 22.2 Å². The lowest BCUT2D eigenvalue weighted by molar-refractivity contribution is -0.177. The number of benzene rings is 1. The van der Waals surface area contributed by atoms with Gasteiger partial charge in [-0.1, -0.05) is 53.5 Å². The lowest BCUT2D eigenvalue weighted by Crippen LogP contribution is -2.70. The molecule has 1 aromatic rings. The number of phenols is 2. The maximum absolute atomic E-state index is 15.1. The highest BCUT2D eigenvalue weighted by atomic mass is 16.3. The molecule has 4 atom stereocenters. The third-order valence-corrected chi connectivity index (χ3v) is 9.48. The second-order valence-corrected chi connectivity index (χ2v) is 13.7. The Bertz CT molecular complexity index is 1470. The zero-order valence-electron chi connectivity index (χ0n) is 27.2. The number of aromatic hydroxyl groups is 2. The van der Waals surface area contributed by atoms with E-state index >= 15 is 9.59 Å². The molecule has 6 nitrogen and oxygen atoms in total. The van der Waals surface area contributed by atoms with Crippen molar-refractivity contribution in [2.75, 3.05) is 0 Å². The molecule has 2 aliphatic rings. The van der Waals surface area contributed by atoms with E-state index in [4.69, 9.17) is 0 Å². The summed E-state index contributed by atoms with van der Waals surface area (Å²) in [5.74, 6) is -3.38. The SMILES string of the molecule is CC(C)=CC[C@@H]1C[C@@]2(CC=C(C)C)C(=O)C(=C(O)c3ccc(O)c(O)c3)C(=O)[C@@](CC=C(C)C)(C2=O)[C@]1(C)CC=C(C)C. The minimum Gasteiger partial charge on any atom is -0.506 e. The standard InChI is InChI=1S/C37H48O6/c1-22(2)10-12-27-21-36(18-15-24(5)6)32(41)30(31(40)26-11-13-28(38)29(39)20-26)33(42)37(34(36)43,19-16-25(7)8)35(27,9)17-14-23(3)4/h10-11,13-16,20,27,38-40H,12,17-19,21H2,1-9H3/t27-,35-,36+,37+/m1/s1. The zero-order valence-corrected chi connectivity index (χ0v) is 27.2. The van der Waals surface area contributed by atoms with Gasteiger partial charge in [0.1, 0.15) is 16.7 Å². The van der Waals surface area contributed by atoms with E-state index in [0.717, 1.165) is 28.4 Å². The predicted octanol–water partition coefficient (Wildman–Crippen LogP) is 8.51. The van der Waals surface area contributed by atoms with Gasteiger partial charge in [-0.25, -0.2) is 0 Å². The van der Waals surface area contributed by atoms with E-state index in [-0.39, 0.29) is 36.5 Å². The number of ketones is 3. The van der Waals surface area contributed by atoms with Crippen LogP contribution in [-0.2, 0) is 14.4 Å². The second kappa shape index (κ2) is 12.5. The van der Waals surface area contributed by atoms with Crippen LogP contribution in [0.1, 0.15) is 100.0 Å². The number of Topliss-reactive ketones (excluding diaryl/α,β-unsaturated/α-hetero) is 3. The highest BCUT2D eigenvalue weighted by Crippen LogP contribution is 2.67. The zero-order chi connectivity index (χ0) is 32.5. The van der Waals surface area contributed by atoms with Crippen LogP contribution in [0.2, 0.25) is 0 Å². The van der Waals surface area contributed by atoms with Gasteiger partial charge >= 0.3 is 0 Å². The summed E-state index contributed by atoms with van der Waals surface area (Å²) in [7, 11) is 0. The van der Waals surface area contributed by atoms with Gasteiger partial charge in [-0.05, 0) is 117 Å². The molecule has 2 bridgehead atoms. The van der Waals surface area contributed by atoms with Crippen molar-refractivity contribution in [1.82, 2.24) is 0 Å². The van der Waals surface area contributed by atoms with E-state index in [0.29, 0.717) is 12.8 Å². The first kappa shape index (κ1) is 33.8. The fourth-order valence-electron chi connectivity index (χ4n) is 6.80. The van der Waals surface area contributed by atoms with Gasteiger partial charge in [-0.2, -0.15) is 0 Å². The fourth-order valence-corrected chi connectivity index (χ4v) is 6.80. The molecule has 2 saturated carbocycles. The maximum Gasteiger partial charge on any atom is 0.184 e. The van der Waals surface area contributed by atoms with E-state index in [2.05, 4.69) is 12.2 Å². The first-order valence-corrected chi connectivity index (χ1v) is 15.1. The molecule has 3 rings (SSSR count). The molecule has 2 aliphatic carbocycles. The molecule has 0 saturated heterocycles. The van der Waals surface area contributed by atoms with Crippen LogP contribution >= 0.6 is 0 Å². The monoisotopic (exact) mass is 588 g/mol. The Morgan fingerprint density at radius 2 is 1.30 bits per heavy atom. The van der Waals surface area contributed by atoms with Gasteiger partial charge in [0.25, 0.3) is 0 Å². The number of carbonyl (C=O) groups is 3. The predicted molar refractivity (Wildman–Crippen MR) is 172 cm³/mol. The average Bonchev–Trinajstić information content (AvgIpc) is 2.91. The van der Waals surface area contributed by atoms with Crippen LogP contribution in [0.25, 0.3) is 5.76 Å². The molecule has 2 fully saturated rings. The number of aliphatic hydroxyl groups excluding tert-OH is 1. The minimum absolute atomic E-state index is 0.0150. The number of allylic oxidation sites excluding steroid dienone is 9. The van der Waals surface area contributed by atoms with Crippen molar-refractivity contribution in [2.45, 2.75) is 94.4 Å². The lowest BCUT2D eigenvalue weighted by Gasteiger charge is -2.61. The summed E-state index contributed by atoms with van der Waals surface area (Å²) in [6.45, 7) is 17.7. The Kier molecular flexibility index (Phi) is 9.85. The summed E-state index contributed by atoms with van der Waals surface area (Å²) in [6.07, 6.45) is 9.51. The van der Waals surface area contributed by atoms with E-state index in [1.807, 2.05) is 74.5 Å². The highest BCUT2D eigenvalue weighted by Gasteiger charge is 2.74. The second-order valence-electron chi connectivity index (χ2n) is 13.7. The van der Waals surface area contributed by atoms with Crippen molar-refractivity contribution in [3.63, 3.8) is 0 Å². The Hall–Kier alpha value is -3.67. The number of carbonyl (C=O) groups excluding carboxylic acids is 3. The fraction of sp³-hybridized carbons (Fsp3) is 0.486. The third-order valence-electron chi connectivity index (χ3n) is 9.48. The molecule has 6 heteroatoms. The van der Waals surface area contributed by atoms with Crippen molar-refractivity contribution in [1.29, 1.82) is 0 Å². The molecule has 232 valence electrons. The van der Waals surface area contributed by atoms with E-state index in [1.54, 1.807) is 0 Å². The van der Waals surface area contributed by atoms with Gasteiger partial charge in [0.2, 0.25) is 0 Å². The number of aliphatic hydroxyl groups is 1. The van der Waals surface area contributed by atoms with Crippen LogP contribution in [0, 0.1) is 22.2 Å². The molecular weight excluding hydrogens is 540 g/mol. The number of hydrogen-bond donors (Lipinski definition) is 3. The summed E-state index contributed by atoms with van der Waals surface area (Å²) in [4.78, 5) is 44.8. The first-order chi connectivity index (χ1) is 19.9. The van der Waals surface area contributed by atoms with Gasteiger partial charge < -0.3 is 15.3 Å². The Morgan fingerprint density at radius 3 is 1.84 bits per heavy atom. The lowest BCUT2D eigenvalue weighted by atomic mass is 9.37. The first-order valence-electron chi connectivity index (χ1n) is 15.1. The molecule has 0 unspecified atom stereocenters. The summed E-state index contributed by atoms with van der Waals surface area (Å²) in [6, 6.07) is 3.66. The Labute approximate surface area is 256 Å². The van der Waals surface area contributed by atoms with E-state index in [9.17, 15) is 20.1 Å². The highest BCUT2D eigenvalue weighted by molar-refractivity contribution is 6.41. The van der Waals surface area contributed by atoms with Crippen molar-refractivity contribution < 1.29 is 29.7 Å². The Morgan fingerprint density at radius 1 is 0.767 bits per heavy atom. The normalized spacial score (nSPS) is 27.7. The van der Waals surface area contributed by atoms with Crippen LogP contribution in [0.15, 0.2) is 70.4 Å². The number of fused-ring (bicyclic) bond motifs is 2. The van der Waals surface area contributed by atoms with Crippen LogP contribution < -0.4 is 0 Å². The summed E-state index contributed by atoms with van der Waals surface area (Å²) < 4.78 is 0. The van der Waals surface area contributed by atoms with Gasteiger partial charge in [0, 0.05) is 5.56 Å². The van der Waals surface area contributed by atoms with Crippen molar-refractivity contribution in [3.8, 4) is 11.5 Å². The smallest absolute Gasteiger partial charge is 0.184 e. The molecular formula is C37H48O6. The van der Waals surface area contributed by atoms with Gasteiger partial charge in [-0.15, -0.1) is 0 Å². The summed E-state index contributed by atoms with van der Waals surface area (Å²) in [5, 5.41) is 31.7. The van der Waals surface area contributed by atoms with Gasteiger partial charge in [-0.3, -0.25) is 14.4 Å². The number of phenolic OH excluding ortho intramolecular Hbond substituents is 2. The van der Waals surface area contributed by atoms with Crippen LogP contribution in [-0.4, -0.2) is 32.7 Å². The molecule has 0 heterocycles. The molecule has 0 amide bonds. The van der Waals surface area contributed by atoms with Crippen LogP contribution in [0.4, 0.5) is 0 Å². The van der Waals surface area contributed by atoms with Gasteiger partial charge in [0.15, 0.2) is 28.8 Å². The van der Waals surface area contributed by atoms with E-state index in [1.165, 1.54) is 12.1 Å². The van der Waals surface area contributed by atoms with E-state index < -0.39 is 50.6 Å². The molecule has 43 heavy (non-hydrogen) atoms. The molecule has 0 aliphatic heterocycles. The van der Waals surface area contributed by atoms with Crippen LogP contribution in [0.5, 0.6) is 11.5 Å². The number of hydrogen-bond acceptors (Lipinski definition) is 6. The molecule has 0 radical (unpaired) electrons. The Balaban J connectivity index is 2.54. The van der Waals surface area contributed by atoms with Crippen molar-refractivity contribution in [3.05, 3.63) is 75.9 Å². The minimum atomic E-state index is -1.62. The van der Waals surface area contributed by atoms with Crippen molar-refractivity contribution >= 4 is 23.1 Å². The van der Waals surface area contributed by atoms with Gasteiger partial charge in [0.05, 0.1) is 5.41 Å². The largest absolute Gasteiger partial charge is 0.506 e. The molecule has 1 aromatic carbocycles. The summed E-state index contributed by atoms with van der Waals surface area (Å²) in [5.41, 5.74) is -0.381. The molecule has 0 aromatic heterocycles. The molecule has 3 N–H and O–H groups in total. The summed E-state index contributed by atoms with van der Waals surface area (Å²) >= 11 is 0. The third kappa shape index (κ3) is 5.93. The quantitative estimate of drug-likeness (QED) is 0.0666. The van der Waals surface area contributed by atoms with Crippen LogP contribution in [0.3, 0.4) is 0 Å². The number of rotatable bonds is 9. The molecule has 0 spiro atoms. The average molecular weight is 589 g/mol. The topological polar surface area (TPSA) is 112 Å². The maximum atomic E-state index is 15.1.